The lowest BCUT2D eigenvalue weighted by atomic mass is 9.99. The minimum atomic E-state index is -2.37. The van der Waals surface area contributed by atoms with Crippen LogP contribution in [0.15, 0.2) is 0 Å². The molecule has 0 aromatic rings. The molecule has 11 heavy (non-hydrogen) atoms. The number of halogens is 2. The van der Waals surface area contributed by atoms with Crippen LogP contribution in [0, 0.1) is 5.92 Å². The molecule has 0 radical (unpaired) electrons. The molecule has 2 fully saturated rings. The monoisotopic (exact) mass is 165 g/mol. The van der Waals surface area contributed by atoms with Crippen molar-refractivity contribution in [2.75, 3.05) is 13.2 Å². The minimum absolute atomic E-state index is 0.171. The van der Waals surface area contributed by atoms with Crippen molar-refractivity contribution < 1.29 is 18.4 Å². The Balaban J connectivity index is 2.03. The molecule has 2 aliphatic heterocycles. The van der Waals surface area contributed by atoms with Gasteiger partial charge in [-0.3, -0.25) is 4.84 Å². The number of alkyl halides is 2. The van der Waals surface area contributed by atoms with Gasteiger partial charge in [-0.05, 0) is 0 Å². The average Bonchev–Trinajstić information content (AvgIpc) is 2.41. The van der Waals surface area contributed by atoms with Crippen LogP contribution >= 0.6 is 0 Å². The van der Waals surface area contributed by atoms with Gasteiger partial charge in [-0.25, -0.2) is 8.78 Å². The molecule has 0 aromatic carbocycles. The molecule has 0 bridgehead atoms. The van der Waals surface area contributed by atoms with Crippen molar-refractivity contribution >= 4 is 0 Å². The molecule has 1 unspecified atom stereocenters. The summed E-state index contributed by atoms with van der Waals surface area (Å²) < 4.78 is 29.4. The normalized spacial score (nSPS) is 43.4. The largest absolute Gasteiger partial charge is 0.378 e. The lowest BCUT2D eigenvalue weighted by Gasteiger charge is -2.12. The van der Waals surface area contributed by atoms with E-state index in [1.807, 2.05) is 0 Å². The molecule has 0 saturated carbocycles. The van der Waals surface area contributed by atoms with Gasteiger partial charge in [0.15, 0.2) is 0 Å². The predicted molar refractivity (Wildman–Crippen MR) is 32.1 cm³/mol. The van der Waals surface area contributed by atoms with Crippen LogP contribution in [-0.4, -0.2) is 31.8 Å². The molecule has 2 saturated heterocycles. The van der Waals surface area contributed by atoms with E-state index in [-0.39, 0.29) is 12.0 Å². The Morgan fingerprint density at radius 2 is 2.18 bits per heavy atom. The van der Waals surface area contributed by atoms with Crippen LogP contribution in [0.2, 0.25) is 0 Å². The first kappa shape index (κ1) is 7.39. The first-order chi connectivity index (χ1) is 5.29. The molecule has 2 aliphatic rings. The summed E-state index contributed by atoms with van der Waals surface area (Å²) in [6.07, 6.45) is -2.54. The van der Waals surface area contributed by atoms with E-state index in [9.17, 15) is 8.78 Å². The topological polar surface area (TPSA) is 30.5 Å². The van der Waals surface area contributed by atoms with Crippen molar-refractivity contribution in [1.29, 1.82) is 0 Å². The molecule has 3 nitrogen and oxygen atoms in total. The Morgan fingerprint density at radius 1 is 1.36 bits per heavy atom. The van der Waals surface area contributed by atoms with E-state index in [0.717, 1.165) is 0 Å². The van der Waals surface area contributed by atoms with E-state index in [1.165, 1.54) is 0 Å². The highest BCUT2D eigenvalue weighted by Crippen LogP contribution is 2.28. The third kappa shape index (κ3) is 1.13. The first-order valence-electron chi connectivity index (χ1n) is 3.56. The van der Waals surface area contributed by atoms with Crippen LogP contribution in [0.5, 0.6) is 0 Å². The van der Waals surface area contributed by atoms with Gasteiger partial charge < -0.3 is 4.74 Å². The first-order valence-corrected chi connectivity index (χ1v) is 3.56. The third-order valence-corrected chi connectivity index (χ3v) is 2.16. The fourth-order valence-corrected chi connectivity index (χ4v) is 1.50. The van der Waals surface area contributed by atoms with Gasteiger partial charge in [0, 0.05) is 5.92 Å². The molecular weight excluding hydrogens is 156 g/mol. The number of hydrogen-bond acceptors (Lipinski definition) is 3. The van der Waals surface area contributed by atoms with E-state index < -0.39 is 12.5 Å². The standard InChI is InChI=1S/C6H9F2NO2/c7-6(8)5-3-1-10-2-4(3)11-9-5/h3-6,9H,1-2H2/t3-,4+,5?/m0/s1. The summed E-state index contributed by atoms with van der Waals surface area (Å²) in [5.74, 6) is -0.171. The van der Waals surface area contributed by atoms with E-state index in [1.54, 1.807) is 0 Å². The highest BCUT2D eigenvalue weighted by Gasteiger charge is 2.45. The Morgan fingerprint density at radius 3 is 2.91 bits per heavy atom. The van der Waals surface area contributed by atoms with Gasteiger partial charge in [-0.2, -0.15) is 5.48 Å². The zero-order chi connectivity index (χ0) is 7.84. The van der Waals surface area contributed by atoms with Crippen molar-refractivity contribution in [1.82, 2.24) is 5.48 Å². The van der Waals surface area contributed by atoms with Gasteiger partial charge in [0.05, 0.1) is 13.2 Å². The summed E-state index contributed by atoms with van der Waals surface area (Å²) in [6.45, 7) is 0.813. The lowest BCUT2D eigenvalue weighted by molar-refractivity contribution is -0.0205. The summed E-state index contributed by atoms with van der Waals surface area (Å²) in [6, 6.07) is -0.845. The third-order valence-electron chi connectivity index (χ3n) is 2.16. The van der Waals surface area contributed by atoms with Gasteiger partial charge in [-0.15, -0.1) is 0 Å². The van der Waals surface area contributed by atoms with Crippen LogP contribution in [0.3, 0.4) is 0 Å². The van der Waals surface area contributed by atoms with Crippen LogP contribution in [-0.2, 0) is 9.57 Å². The Hall–Kier alpha value is -0.260. The van der Waals surface area contributed by atoms with Crippen molar-refractivity contribution in [3.05, 3.63) is 0 Å². The summed E-state index contributed by atoms with van der Waals surface area (Å²) in [5.41, 5.74) is 2.33. The van der Waals surface area contributed by atoms with Crippen molar-refractivity contribution in [2.45, 2.75) is 18.6 Å². The summed E-state index contributed by atoms with van der Waals surface area (Å²) in [7, 11) is 0. The Kier molecular flexibility index (Phi) is 1.78. The van der Waals surface area contributed by atoms with E-state index in [4.69, 9.17) is 9.57 Å². The molecule has 0 amide bonds. The second-order valence-corrected chi connectivity index (χ2v) is 2.84. The Labute approximate surface area is 62.6 Å². The fourth-order valence-electron chi connectivity index (χ4n) is 1.50. The van der Waals surface area contributed by atoms with Crippen molar-refractivity contribution in [3.63, 3.8) is 0 Å². The molecular formula is C6H9F2NO2. The van der Waals surface area contributed by atoms with Crippen LogP contribution in [0.4, 0.5) is 8.78 Å². The highest BCUT2D eigenvalue weighted by atomic mass is 19.3. The van der Waals surface area contributed by atoms with Gasteiger partial charge in [0.1, 0.15) is 12.1 Å². The molecule has 3 atom stereocenters. The number of ether oxygens (including phenoxy) is 1. The van der Waals surface area contributed by atoms with Crippen LogP contribution < -0.4 is 5.48 Å². The maximum atomic E-state index is 12.2. The summed E-state index contributed by atoms with van der Waals surface area (Å²) in [4.78, 5) is 4.90. The molecule has 0 aliphatic carbocycles. The van der Waals surface area contributed by atoms with Gasteiger partial charge in [0.2, 0.25) is 0 Å². The Bertz CT molecular complexity index is 156. The molecule has 2 heterocycles. The summed E-state index contributed by atoms with van der Waals surface area (Å²) >= 11 is 0. The minimum Gasteiger partial charge on any atom is -0.378 e. The van der Waals surface area contributed by atoms with Crippen LogP contribution in [0.1, 0.15) is 0 Å². The van der Waals surface area contributed by atoms with E-state index in [0.29, 0.717) is 13.2 Å². The van der Waals surface area contributed by atoms with Crippen LogP contribution in [0.25, 0.3) is 0 Å². The molecule has 0 spiro atoms. The van der Waals surface area contributed by atoms with Gasteiger partial charge in [-0.1, -0.05) is 0 Å². The maximum Gasteiger partial charge on any atom is 0.256 e. The molecule has 64 valence electrons. The highest BCUT2D eigenvalue weighted by molar-refractivity contribution is 4.90. The maximum absolute atomic E-state index is 12.2. The summed E-state index contributed by atoms with van der Waals surface area (Å²) in [5, 5.41) is 0. The zero-order valence-corrected chi connectivity index (χ0v) is 5.80. The quantitative estimate of drug-likeness (QED) is 0.600. The van der Waals surface area contributed by atoms with Crippen molar-refractivity contribution in [2.24, 2.45) is 5.92 Å². The zero-order valence-electron chi connectivity index (χ0n) is 5.80. The van der Waals surface area contributed by atoms with Crippen molar-refractivity contribution in [3.8, 4) is 0 Å². The van der Waals surface area contributed by atoms with Gasteiger partial charge in [0.25, 0.3) is 6.43 Å². The van der Waals surface area contributed by atoms with E-state index >= 15 is 0 Å². The number of rotatable bonds is 1. The number of hydroxylamine groups is 1. The molecule has 0 aromatic heterocycles. The second-order valence-electron chi connectivity index (χ2n) is 2.84. The predicted octanol–water partition coefficient (Wildman–Crippen LogP) is 0.170. The smallest absolute Gasteiger partial charge is 0.256 e. The lowest BCUT2D eigenvalue weighted by Crippen LogP contribution is -2.35. The SMILES string of the molecule is FC(F)C1NO[C@@H]2COC[C@H]12. The van der Waals surface area contributed by atoms with Gasteiger partial charge >= 0.3 is 0 Å². The number of fused-ring (bicyclic) bond motifs is 1. The molecule has 5 heteroatoms. The average molecular weight is 165 g/mol. The molecule has 2 rings (SSSR count). The number of hydrogen-bond donors (Lipinski definition) is 1. The fraction of sp³-hybridized carbons (Fsp3) is 1.00. The second kappa shape index (κ2) is 2.66. The van der Waals surface area contributed by atoms with E-state index in [2.05, 4.69) is 5.48 Å². The number of nitrogens with one attached hydrogen (secondary N) is 1. The molecule has 1 N–H and O–H groups in total.